The highest BCUT2D eigenvalue weighted by atomic mass is 32.2. The summed E-state index contributed by atoms with van der Waals surface area (Å²) in [6.07, 6.45) is -0.319. The first-order valence-corrected chi connectivity index (χ1v) is 10.1. The van der Waals surface area contributed by atoms with Gasteiger partial charge >= 0.3 is 5.97 Å². The van der Waals surface area contributed by atoms with Crippen molar-refractivity contribution in [1.82, 2.24) is 10.0 Å². The van der Waals surface area contributed by atoms with Crippen LogP contribution in [0, 0.1) is 11.6 Å². The van der Waals surface area contributed by atoms with Gasteiger partial charge in [0.2, 0.25) is 15.9 Å². The number of methoxy groups -OCH3 is 1. The zero-order chi connectivity index (χ0) is 21.4. The monoisotopic (exact) mass is 426 g/mol. The molecule has 0 radical (unpaired) electrons. The summed E-state index contributed by atoms with van der Waals surface area (Å²) in [5.74, 6) is -3.48. The number of amides is 1. The second-order valence-electron chi connectivity index (χ2n) is 6.03. The van der Waals surface area contributed by atoms with Gasteiger partial charge in [-0.3, -0.25) is 9.59 Å². The largest absolute Gasteiger partial charge is 0.469 e. The quantitative estimate of drug-likeness (QED) is 0.598. The van der Waals surface area contributed by atoms with Crippen LogP contribution in [0.25, 0.3) is 0 Å². The van der Waals surface area contributed by atoms with E-state index in [1.54, 1.807) is 30.3 Å². The summed E-state index contributed by atoms with van der Waals surface area (Å²) >= 11 is 0. The van der Waals surface area contributed by atoms with Crippen molar-refractivity contribution in [3.8, 4) is 0 Å². The second kappa shape index (κ2) is 10.1. The van der Waals surface area contributed by atoms with Gasteiger partial charge in [-0.05, 0) is 23.8 Å². The molecule has 0 aliphatic carbocycles. The number of rotatable bonds is 9. The van der Waals surface area contributed by atoms with Crippen LogP contribution < -0.4 is 10.0 Å². The molecule has 2 rings (SSSR count). The van der Waals surface area contributed by atoms with Crippen molar-refractivity contribution in [3.05, 3.63) is 65.7 Å². The molecule has 0 spiro atoms. The summed E-state index contributed by atoms with van der Waals surface area (Å²) in [7, 11) is -2.87. The van der Waals surface area contributed by atoms with Crippen LogP contribution in [0.4, 0.5) is 8.78 Å². The molecule has 0 saturated heterocycles. The van der Waals surface area contributed by atoms with E-state index in [1.807, 2.05) is 0 Å². The lowest BCUT2D eigenvalue weighted by molar-refractivity contribution is -0.141. The number of ether oxygens (including phenoxy) is 1. The van der Waals surface area contributed by atoms with Crippen LogP contribution in [0.1, 0.15) is 24.4 Å². The number of esters is 1. The van der Waals surface area contributed by atoms with Crippen LogP contribution in [-0.2, 0) is 24.3 Å². The van der Waals surface area contributed by atoms with Crippen LogP contribution >= 0.6 is 0 Å². The highest BCUT2D eigenvalue weighted by Crippen LogP contribution is 2.17. The minimum atomic E-state index is -4.11. The lowest BCUT2D eigenvalue weighted by Gasteiger charge is -2.18. The Morgan fingerprint density at radius 1 is 1.07 bits per heavy atom. The Morgan fingerprint density at radius 2 is 1.76 bits per heavy atom. The molecule has 0 bridgehead atoms. The summed E-state index contributed by atoms with van der Waals surface area (Å²) in [6.45, 7) is -0.271. The van der Waals surface area contributed by atoms with Crippen LogP contribution in [0.15, 0.2) is 53.4 Å². The van der Waals surface area contributed by atoms with Crippen molar-refractivity contribution in [1.29, 1.82) is 0 Å². The molecule has 1 amide bonds. The molecule has 156 valence electrons. The number of carbonyl (C=O) groups is 2. The Bertz CT molecular complexity index is 968. The zero-order valence-electron chi connectivity index (χ0n) is 15.5. The first-order chi connectivity index (χ1) is 13.7. The average molecular weight is 426 g/mol. The van der Waals surface area contributed by atoms with Gasteiger partial charge in [-0.25, -0.2) is 21.9 Å². The molecule has 0 aliphatic rings. The normalized spacial score (nSPS) is 12.2. The van der Waals surface area contributed by atoms with Gasteiger partial charge in [0, 0.05) is 13.0 Å². The molecule has 1 atom stereocenters. The third-order valence-corrected chi connectivity index (χ3v) is 5.44. The Labute approximate surface area is 167 Å². The lowest BCUT2D eigenvalue weighted by atomic mass is 10.0. The van der Waals surface area contributed by atoms with E-state index in [9.17, 15) is 26.8 Å². The fourth-order valence-electron chi connectivity index (χ4n) is 2.48. The first kappa shape index (κ1) is 22.4. The predicted octanol–water partition coefficient (Wildman–Crippen LogP) is 2.05. The van der Waals surface area contributed by atoms with Gasteiger partial charge in [0.05, 0.1) is 24.5 Å². The Morgan fingerprint density at radius 3 is 2.38 bits per heavy atom. The molecule has 0 heterocycles. The molecule has 7 nitrogen and oxygen atoms in total. The summed E-state index contributed by atoms with van der Waals surface area (Å²) < 4.78 is 57.2. The van der Waals surface area contributed by atoms with E-state index in [-0.39, 0.29) is 19.4 Å². The maximum absolute atomic E-state index is 13.2. The van der Waals surface area contributed by atoms with E-state index in [0.717, 1.165) is 6.07 Å². The topological polar surface area (TPSA) is 102 Å². The highest BCUT2D eigenvalue weighted by molar-refractivity contribution is 7.89. The van der Waals surface area contributed by atoms with Gasteiger partial charge < -0.3 is 10.1 Å². The number of nitrogens with one attached hydrogen (secondary N) is 2. The maximum atomic E-state index is 13.2. The summed E-state index contributed by atoms with van der Waals surface area (Å²) in [5.41, 5.74) is 0.689. The van der Waals surface area contributed by atoms with Crippen LogP contribution in [-0.4, -0.2) is 33.9 Å². The highest BCUT2D eigenvalue weighted by Gasteiger charge is 2.20. The van der Waals surface area contributed by atoms with Crippen LogP contribution in [0.5, 0.6) is 0 Å². The molecule has 10 heteroatoms. The van der Waals surface area contributed by atoms with Gasteiger partial charge in [-0.2, -0.15) is 0 Å². The van der Waals surface area contributed by atoms with Crippen molar-refractivity contribution < 1.29 is 31.5 Å². The molecule has 2 aromatic rings. The SMILES string of the molecule is COC(=O)CC(NC(=O)CCNS(=O)(=O)c1ccc(F)c(F)c1)c1ccccc1. The third-order valence-electron chi connectivity index (χ3n) is 3.98. The summed E-state index contributed by atoms with van der Waals surface area (Å²) in [5, 5.41) is 2.66. The number of hydrogen-bond donors (Lipinski definition) is 2. The van der Waals surface area contributed by atoms with Crippen LogP contribution in [0.2, 0.25) is 0 Å². The zero-order valence-corrected chi connectivity index (χ0v) is 16.3. The number of halogens is 2. The predicted molar refractivity (Wildman–Crippen MR) is 100 cm³/mol. The number of sulfonamides is 1. The molecular weight excluding hydrogens is 406 g/mol. The Hall–Kier alpha value is -2.85. The molecule has 2 aromatic carbocycles. The van der Waals surface area contributed by atoms with Crippen molar-refractivity contribution in [2.75, 3.05) is 13.7 Å². The second-order valence-corrected chi connectivity index (χ2v) is 7.80. The molecule has 1 unspecified atom stereocenters. The first-order valence-electron chi connectivity index (χ1n) is 8.59. The number of hydrogen-bond acceptors (Lipinski definition) is 5. The lowest BCUT2D eigenvalue weighted by Crippen LogP contribution is -2.34. The maximum Gasteiger partial charge on any atom is 0.307 e. The molecule has 2 N–H and O–H groups in total. The van der Waals surface area contributed by atoms with Crippen molar-refractivity contribution >= 4 is 21.9 Å². The van der Waals surface area contributed by atoms with Gasteiger partial charge in [0.15, 0.2) is 11.6 Å². The minimum absolute atomic E-state index is 0.0904. The summed E-state index contributed by atoms with van der Waals surface area (Å²) in [4.78, 5) is 23.4. The van der Waals surface area contributed by atoms with Crippen molar-refractivity contribution in [2.24, 2.45) is 0 Å². The van der Waals surface area contributed by atoms with Gasteiger partial charge in [-0.15, -0.1) is 0 Å². The standard InChI is InChI=1S/C19H20F2N2O5S/c1-28-19(25)12-17(13-5-3-2-4-6-13)23-18(24)9-10-22-29(26,27)14-7-8-15(20)16(21)11-14/h2-8,11,17,22H,9-10,12H2,1H3,(H,23,24). The Balaban J connectivity index is 1.96. The average Bonchev–Trinajstić information content (AvgIpc) is 2.69. The van der Waals surface area contributed by atoms with Gasteiger partial charge in [0.25, 0.3) is 0 Å². The van der Waals surface area contributed by atoms with Crippen molar-refractivity contribution in [3.63, 3.8) is 0 Å². The number of benzene rings is 2. The molecule has 0 fully saturated rings. The Kier molecular flexibility index (Phi) is 7.80. The van der Waals surface area contributed by atoms with Gasteiger partial charge in [0.1, 0.15) is 0 Å². The van der Waals surface area contributed by atoms with Gasteiger partial charge in [-0.1, -0.05) is 30.3 Å². The van der Waals surface area contributed by atoms with E-state index >= 15 is 0 Å². The summed E-state index contributed by atoms with van der Waals surface area (Å²) in [6, 6.07) is 10.3. The van der Waals surface area contributed by atoms with Crippen LogP contribution in [0.3, 0.4) is 0 Å². The third kappa shape index (κ3) is 6.61. The van der Waals surface area contributed by atoms with E-state index in [0.29, 0.717) is 17.7 Å². The molecule has 0 aliphatic heterocycles. The van der Waals surface area contributed by atoms with E-state index in [2.05, 4.69) is 14.8 Å². The molecule has 0 saturated carbocycles. The molecular formula is C19H20F2N2O5S. The molecule has 29 heavy (non-hydrogen) atoms. The van der Waals surface area contributed by atoms with E-state index < -0.39 is 44.5 Å². The van der Waals surface area contributed by atoms with Crippen molar-refractivity contribution in [2.45, 2.75) is 23.8 Å². The van der Waals surface area contributed by atoms with E-state index in [1.165, 1.54) is 7.11 Å². The smallest absolute Gasteiger partial charge is 0.307 e. The number of carbonyl (C=O) groups excluding carboxylic acids is 2. The fraction of sp³-hybridized carbons (Fsp3) is 0.263. The molecule has 0 aromatic heterocycles. The van der Waals surface area contributed by atoms with E-state index in [4.69, 9.17) is 0 Å². The minimum Gasteiger partial charge on any atom is -0.469 e. The fourth-order valence-corrected chi connectivity index (χ4v) is 3.52.